The Morgan fingerprint density at radius 2 is 1.85 bits per heavy atom. The van der Waals surface area contributed by atoms with Gasteiger partial charge < -0.3 is 5.32 Å². The molecule has 0 bridgehead atoms. The van der Waals surface area contributed by atoms with Crippen LogP contribution in [-0.4, -0.2) is 37.6 Å². The van der Waals surface area contributed by atoms with Crippen molar-refractivity contribution in [1.82, 2.24) is 4.31 Å². The van der Waals surface area contributed by atoms with Crippen LogP contribution in [0.3, 0.4) is 0 Å². The topological polar surface area (TPSA) is 49.4 Å². The van der Waals surface area contributed by atoms with Crippen molar-refractivity contribution in [3.63, 3.8) is 0 Å². The van der Waals surface area contributed by atoms with Gasteiger partial charge in [-0.05, 0) is 38.3 Å². The molecular formula is C15H22N2O2S. The highest BCUT2D eigenvalue weighted by Crippen LogP contribution is 2.44. The predicted octanol–water partition coefficient (Wildman–Crippen LogP) is 2.18. The highest BCUT2D eigenvalue weighted by molar-refractivity contribution is 7.89. The van der Waals surface area contributed by atoms with Gasteiger partial charge in [0, 0.05) is 30.7 Å². The molecule has 5 heteroatoms. The molecule has 3 rings (SSSR count). The van der Waals surface area contributed by atoms with E-state index in [4.69, 9.17) is 0 Å². The molecular weight excluding hydrogens is 272 g/mol. The summed E-state index contributed by atoms with van der Waals surface area (Å²) in [6.45, 7) is 5.72. The van der Waals surface area contributed by atoms with E-state index in [1.54, 1.807) is 18.2 Å². The van der Waals surface area contributed by atoms with Crippen LogP contribution in [0.15, 0.2) is 24.3 Å². The van der Waals surface area contributed by atoms with E-state index in [1.165, 1.54) is 11.3 Å². The van der Waals surface area contributed by atoms with Crippen molar-refractivity contribution in [2.75, 3.05) is 25.0 Å². The largest absolute Gasteiger partial charge is 0.384 e. The summed E-state index contributed by atoms with van der Waals surface area (Å²) >= 11 is 0. The number of piperidine rings is 1. The van der Waals surface area contributed by atoms with Crippen molar-refractivity contribution >= 4 is 15.7 Å². The zero-order valence-corrected chi connectivity index (χ0v) is 12.9. The third-order valence-corrected chi connectivity index (χ3v) is 7.03. The zero-order valence-electron chi connectivity index (χ0n) is 12.1. The second kappa shape index (κ2) is 4.74. The van der Waals surface area contributed by atoms with Crippen LogP contribution >= 0.6 is 0 Å². The molecule has 20 heavy (non-hydrogen) atoms. The number of para-hydroxylation sites is 1. The maximum Gasteiger partial charge on any atom is 0.216 e. The number of nitrogens with one attached hydrogen (secondary N) is 1. The summed E-state index contributed by atoms with van der Waals surface area (Å²) in [5.41, 5.74) is 2.70. The van der Waals surface area contributed by atoms with Crippen LogP contribution in [0.5, 0.6) is 0 Å². The Morgan fingerprint density at radius 3 is 2.50 bits per heavy atom. The number of fused-ring (bicyclic) bond motifs is 2. The molecule has 1 aromatic carbocycles. The van der Waals surface area contributed by atoms with Crippen molar-refractivity contribution < 1.29 is 8.42 Å². The number of nitrogens with zero attached hydrogens (tertiary/aromatic N) is 1. The van der Waals surface area contributed by atoms with Crippen molar-refractivity contribution in [3.05, 3.63) is 29.8 Å². The Morgan fingerprint density at radius 1 is 1.20 bits per heavy atom. The average Bonchev–Trinajstić information content (AvgIpc) is 2.79. The molecule has 1 fully saturated rings. The van der Waals surface area contributed by atoms with Crippen molar-refractivity contribution in [1.29, 1.82) is 0 Å². The van der Waals surface area contributed by atoms with E-state index >= 15 is 0 Å². The van der Waals surface area contributed by atoms with Gasteiger partial charge in [-0.2, -0.15) is 0 Å². The van der Waals surface area contributed by atoms with Crippen LogP contribution in [-0.2, 0) is 15.4 Å². The molecule has 0 atom stereocenters. The van der Waals surface area contributed by atoms with Gasteiger partial charge in [0.25, 0.3) is 0 Å². The molecule has 1 aromatic rings. The highest BCUT2D eigenvalue weighted by atomic mass is 32.2. The Balaban J connectivity index is 1.81. The molecule has 1 saturated heterocycles. The quantitative estimate of drug-likeness (QED) is 0.909. The van der Waals surface area contributed by atoms with E-state index < -0.39 is 10.0 Å². The first kappa shape index (κ1) is 13.9. The molecule has 2 heterocycles. The van der Waals surface area contributed by atoms with E-state index in [9.17, 15) is 8.42 Å². The van der Waals surface area contributed by atoms with E-state index in [-0.39, 0.29) is 10.7 Å². The van der Waals surface area contributed by atoms with Gasteiger partial charge in [-0.25, -0.2) is 12.7 Å². The van der Waals surface area contributed by atoms with Gasteiger partial charge in [0.15, 0.2) is 0 Å². The van der Waals surface area contributed by atoms with Crippen LogP contribution < -0.4 is 5.32 Å². The van der Waals surface area contributed by atoms with Gasteiger partial charge in [0.05, 0.1) is 5.25 Å². The van der Waals surface area contributed by atoms with Crippen LogP contribution in [0.2, 0.25) is 0 Å². The fourth-order valence-electron chi connectivity index (χ4n) is 3.37. The van der Waals surface area contributed by atoms with E-state index in [1.807, 2.05) is 6.07 Å². The summed E-state index contributed by atoms with van der Waals surface area (Å²) in [5, 5.41) is 3.14. The molecule has 110 valence electrons. The van der Waals surface area contributed by atoms with Crippen LogP contribution in [0, 0.1) is 0 Å². The first-order valence-electron chi connectivity index (χ1n) is 7.28. The predicted molar refractivity (Wildman–Crippen MR) is 81.5 cm³/mol. The first-order chi connectivity index (χ1) is 9.46. The molecule has 1 N–H and O–H groups in total. The minimum absolute atomic E-state index is 0.125. The Bertz CT molecular complexity index is 602. The summed E-state index contributed by atoms with van der Waals surface area (Å²) < 4.78 is 26.2. The lowest BCUT2D eigenvalue weighted by molar-refractivity contribution is 0.248. The average molecular weight is 294 g/mol. The molecule has 0 amide bonds. The summed E-state index contributed by atoms with van der Waals surface area (Å²) in [4.78, 5) is 0. The lowest BCUT2D eigenvalue weighted by Gasteiger charge is -2.39. The molecule has 0 aliphatic carbocycles. The number of sulfonamides is 1. The van der Waals surface area contributed by atoms with E-state index in [2.05, 4.69) is 23.5 Å². The highest BCUT2D eigenvalue weighted by Gasteiger charge is 2.43. The fraction of sp³-hybridized carbons (Fsp3) is 0.600. The van der Waals surface area contributed by atoms with Gasteiger partial charge in [-0.3, -0.25) is 0 Å². The molecule has 2 aliphatic heterocycles. The normalized spacial score (nSPS) is 21.9. The molecule has 1 spiro atoms. The second-order valence-corrected chi connectivity index (χ2v) is 8.66. The zero-order chi connectivity index (χ0) is 14.4. The van der Waals surface area contributed by atoms with Gasteiger partial charge in [0.1, 0.15) is 0 Å². The lowest BCUT2D eigenvalue weighted by atomic mass is 9.75. The SMILES string of the molecule is CC(C)S(=O)(=O)N1CCC2(CC1)CNc1ccccc12. The maximum absolute atomic E-state index is 12.2. The van der Waals surface area contributed by atoms with Crippen LogP contribution in [0.1, 0.15) is 32.3 Å². The molecule has 0 radical (unpaired) electrons. The van der Waals surface area contributed by atoms with Crippen LogP contribution in [0.25, 0.3) is 0 Å². The summed E-state index contributed by atoms with van der Waals surface area (Å²) in [7, 11) is -3.11. The van der Waals surface area contributed by atoms with Crippen molar-refractivity contribution in [3.8, 4) is 0 Å². The number of hydrogen-bond donors (Lipinski definition) is 1. The monoisotopic (exact) mass is 294 g/mol. The number of anilines is 1. The molecule has 0 saturated carbocycles. The third kappa shape index (κ3) is 2.04. The lowest BCUT2D eigenvalue weighted by Crippen LogP contribution is -2.47. The van der Waals surface area contributed by atoms with Crippen molar-refractivity contribution in [2.24, 2.45) is 0 Å². The molecule has 0 aromatic heterocycles. The fourth-order valence-corrected chi connectivity index (χ4v) is 4.66. The van der Waals surface area contributed by atoms with E-state index in [0.717, 1.165) is 19.4 Å². The number of benzene rings is 1. The van der Waals surface area contributed by atoms with Gasteiger partial charge in [0.2, 0.25) is 10.0 Å². The molecule has 2 aliphatic rings. The maximum atomic E-state index is 12.2. The first-order valence-corrected chi connectivity index (χ1v) is 8.78. The third-order valence-electron chi connectivity index (χ3n) is 4.75. The minimum Gasteiger partial charge on any atom is -0.384 e. The molecule has 0 unspecified atom stereocenters. The van der Waals surface area contributed by atoms with E-state index in [0.29, 0.717) is 13.1 Å². The summed E-state index contributed by atoms with van der Waals surface area (Å²) in [5.74, 6) is 0. The number of hydrogen-bond acceptors (Lipinski definition) is 3. The summed E-state index contributed by atoms with van der Waals surface area (Å²) in [6, 6.07) is 8.41. The van der Waals surface area contributed by atoms with Crippen molar-refractivity contribution in [2.45, 2.75) is 37.4 Å². The summed E-state index contributed by atoms with van der Waals surface area (Å²) in [6.07, 6.45) is 1.81. The van der Waals surface area contributed by atoms with Gasteiger partial charge in [-0.15, -0.1) is 0 Å². The Kier molecular flexibility index (Phi) is 3.29. The van der Waals surface area contributed by atoms with Gasteiger partial charge in [-0.1, -0.05) is 18.2 Å². The van der Waals surface area contributed by atoms with Crippen LogP contribution in [0.4, 0.5) is 5.69 Å². The Hall–Kier alpha value is -1.07. The standard InChI is InChI=1S/C15H22N2O2S/c1-12(2)20(18,19)17-9-7-15(8-10-17)11-16-14-6-4-3-5-13(14)15/h3-6,12,16H,7-11H2,1-2H3. The Labute approximate surface area is 121 Å². The smallest absolute Gasteiger partial charge is 0.216 e. The second-order valence-electron chi connectivity index (χ2n) is 6.17. The number of rotatable bonds is 2. The minimum atomic E-state index is -3.11. The van der Waals surface area contributed by atoms with Gasteiger partial charge >= 0.3 is 0 Å². The molecule has 4 nitrogen and oxygen atoms in total.